The van der Waals surface area contributed by atoms with Crippen molar-refractivity contribution in [2.75, 3.05) is 24.7 Å². The SMILES string of the molecule is CN(C)c1ccc(-c2nnc(SCCC(=O)[O-])n2C)cc1. The minimum Gasteiger partial charge on any atom is -0.550 e. The molecule has 0 fully saturated rings. The van der Waals surface area contributed by atoms with E-state index in [4.69, 9.17) is 0 Å². The molecule has 0 aliphatic rings. The highest BCUT2D eigenvalue weighted by atomic mass is 32.2. The number of rotatable bonds is 6. The summed E-state index contributed by atoms with van der Waals surface area (Å²) in [5.74, 6) is 0.133. The zero-order valence-electron chi connectivity index (χ0n) is 12.2. The van der Waals surface area contributed by atoms with Gasteiger partial charge in [-0.05, 0) is 30.7 Å². The van der Waals surface area contributed by atoms with Gasteiger partial charge in [-0.15, -0.1) is 10.2 Å². The number of aromatic nitrogens is 3. The van der Waals surface area contributed by atoms with E-state index in [1.54, 1.807) is 0 Å². The van der Waals surface area contributed by atoms with Crippen molar-refractivity contribution >= 4 is 23.4 Å². The average Bonchev–Trinajstić information content (AvgIpc) is 2.80. The van der Waals surface area contributed by atoms with E-state index >= 15 is 0 Å². The zero-order chi connectivity index (χ0) is 15.4. The largest absolute Gasteiger partial charge is 0.550 e. The van der Waals surface area contributed by atoms with Gasteiger partial charge in [0.25, 0.3) is 0 Å². The molecule has 0 amide bonds. The number of hydrogen-bond donors (Lipinski definition) is 0. The maximum atomic E-state index is 10.4. The molecule has 1 aromatic carbocycles. The number of benzene rings is 1. The highest BCUT2D eigenvalue weighted by Gasteiger charge is 2.11. The van der Waals surface area contributed by atoms with Crippen LogP contribution in [0.15, 0.2) is 29.4 Å². The summed E-state index contributed by atoms with van der Waals surface area (Å²) >= 11 is 1.36. The third-order valence-corrected chi connectivity index (χ3v) is 4.04. The maximum Gasteiger partial charge on any atom is 0.191 e. The minimum atomic E-state index is -1.05. The Morgan fingerprint density at radius 3 is 2.52 bits per heavy atom. The number of carboxylic acids is 1. The fraction of sp³-hybridized carbons (Fsp3) is 0.357. The van der Waals surface area contributed by atoms with Gasteiger partial charge in [-0.25, -0.2) is 0 Å². The minimum absolute atomic E-state index is 0.00436. The quantitative estimate of drug-likeness (QED) is 0.734. The molecule has 7 heteroatoms. The molecule has 0 aliphatic carbocycles. The fourth-order valence-corrected chi connectivity index (χ4v) is 2.66. The van der Waals surface area contributed by atoms with Gasteiger partial charge in [0.2, 0.25) is 0 Å². The number of carbonyl (C=O) groups is 1. The molecule has 0 radical (unpaired) electrons. The summed E-state index contributed by atoms with van der Waals surface area (Å²) < 4.78 is 1.87. The van der Waals surface area contributed by atoms with E-state index in [1.807, 2.05) is 54.9 Å². The molecule has 0 atom stereocenters. The second-order valence-electron chi connectivity index (χ2n) is 4.78. The number of nitrogens with zero attached hydrogens (tertiary/aromatic N) is 4. The maximum absolute atomic E-state index is 10.4. The Kier molecular flexibility index (Phi) is 4.85. The molecule has 0 unspecified atom stereocenters. The number of carbonyl (C=O) groups excluding carboxylic acids is 1. The van der Waals surface area contributed by atoms with Crippen LogP contribution in [0.2, 0.25) is 0 Å². The zero-order valence-corrected chi connectivity index (χ0v) is 13.1. The molecule has 0 saturated carbocycles. The van der Waals surface area contributed by atoms with Gasteiger partial charge in [0.1, 0.15) is 0 Å². The third-order valence-electron chi connectivity index (χ3n) is 3.01. The smallest absolute Gasteiger partial charge is 0.191 e. The van der Waals surface area contributed by atoms with Crippen LogP contribution in [-0.2, 0) is 11.8 Å². The van der Waals surface area contributed by atoms with Crippen molar-refractivity contribution in [2.24, 2.45) is 7.05 Å². The molecule has 0 bridgehead atoms. The number of hydrogen-bond acceptors (Lipinski definition) is 6. The van der Waals surface area contributed by atoms with Crippen LogP contribution in [0.25, 0.3) is 11.4 Å². The first-order chi connectivity index (χ1) is 9.99. The van der Waals surface area contributed by atoms with Crippen molar-refractivity contribution in [3.63, 3.8) is 0 Å². The normalized spacial score (nSPS) is 10.6. The molecule has 0 N–H and O–H groups in total. The van der Waals surface area contributed by atoms with Gasteiger partial charge in [-0.2, -0.15) is 0 Å². The summed E-state index contributed by atoms with van der Waals surface area (Å²) in [5, 5.41) is 19.4. The van der Waals surface area contributed by atoms with E-state index in [2.05, 4.69) is 10.2 Å². The Balaban J connectivity index is 2.13. The van der Waals surface area contributed by atoms with Crippen LogP contribution in [0.4, 0.5) is 5.69 Å². The Hall–Kier alpha value is -2.02. The third kappa shape index (κ3) is 3.75. The Morgan fingerprint density at radius 1 is 1.29 bits per heavy atom. The number of carboxylic acid groups (broad SMARTS) is 1. The lowest BCUT2D eigenvalue weighted by Crippen LogP contribution is -2.22. The highest BCUT2D eigenvalue weighted by Crippen LogP contribution is 2.24. The summed E-state index contributed by atoms with van der Waals surface area (Å²) in [4.78, 5) is 12.4. The molecule has 6 nitrogen and oxygen atoms in total. The Morgan fingerprint density at radius 2 is 1.95 bits per heavy atom. The summed E-state index contributed by atoms with van der Waals surface area (Å²) in [5.41, 5.74) is 2.09. The van der Waals surface area contributed by atoms with Gasteiger partial charge in [-0.1, -0.05) is 11.8 Å². The van der Waals surface area contributed by atoms with Crippen LogP contribution >= 0.6 is 11.8 Å². The van der Waals surface area contributed by atoms with Gasteiger partial charge < -0.3 is 19.4 Å². The lowest BCUT2D eigenvalue weighted by molar-refractivity contribution is -0.305. The molecule has 0 saturated heterocycles. The predicted octanol–water partition coefficient (Wildman–Crippen LogP) is 0.780. The van der Waals surface area contributed by atoms with Gasteiger partial charge in [0, 0.05) is 44.1 Å². The molecule has 112 valence electrons. The van der Waals surface area contributed by atoms with Crippen molar-refractivity contribution < 1.29 is 9.90 Å². The van der Waals surface area contributed by atoms with E-state index in [0.29, 0.717) is 10.9 Å². The van der Waals surface area contributed by atoms with E-state index in [-0.39, 0.29) is 6.42 Å². The summed E-state index contributed by atoms with van der Waals surface area (Å²) in [7, 11) is 5.85. The van der Waals surface area contributed by atoms with E-state index in [0.717, 1.165) is 17.1 Å². The first-order valence-electron chi connectivity index (χ1n) is 6.49. The molecule has 2 aromatic rings. The van der Waals surface area contributed by atoms with Crippen LogP contribution in [-0.4, -0.2) is 40.6 Å². The molecule has 1 heterocycles. The van der Waals surface area contributed by atoms with Crippen molar-refractivity contribution in [1.29, 1.82) is 0 Å². The van der Waals surface area contributed by atoms with Crippen LogP contribution in [0.3, 0.4) is 0 Å². The molecule has 2 rings (SSSR count). The highest BCUT2D eigenvalue weighted by molar-refractivity contribution is 7.99. The molecule has 0 spiro atoms. The van der Waals surface area contributed by atoms with Crippen molar-refractivity contribution in [2.45, 2.75) is 11.6 Å². The van der Waals surface area contributed by atoms with E-state index in [1.165, 1.54) is 11.8 Å². The summed E-state index contributed by atoms with van der Waals surface area (Å²) in [6.45, 7) is 0. The van der Waals surface area contributed by atoms with Crippen LogP contribution in [0, 0.1) is 0 Å². The van der Waals surface area contributed by atoms with Crippen LogP contribution < -0.4 is 10.0 Å². The average molecular weight is 305 g/mol. The van der Waals surface area contributed by atoms with Crippen LogP contribution in [0.1, 0.15) is 6.42 Å². The fourth-order valence-electron chi connectivity index (χ4n) is 1.83. The lowest BCUT2D eigenvalue weighted by Gasteiger charge is -2.12. The van der Waals surface area contributed by atoms with Gasteiger partial charge in [0.05, 0.1) is 0 Å². The number of anilines is 1. The van der Waals surface area contributed by atoms with Crippen molar-refractivity contribution in [3.8, 4) is 11.4 Å². The van der Waals surface area contributed by atoms with E-state index < -0.39 is 5.97 Å². The van der Waals surface area contributed by atoms with Gasteiger partial charge in [0.15, 0.2) is 11.0 Å². The van der Waals surface area contributed by atoms with Gasteiger partial charge in [-0.3, -0.25) is 0 Å². The molecule has 1 aromatic heterocycles. The summed E-state index contributed by atoms with van der Waals surface area (Å²) in [6.07, 6.45) is 0.00436. The monoisotopic (exact) mass is 305 g/mol. The van der Waals surface area contributed by atoms with Crippen molar-refractivity contribution in [1.82, 2.24) is 14.8 Å². The standard InChI is InChI=1S/C14H18N4O2S/c1-17(2)11-6-4-10(5-7-11)13-15-16-14(18(13)3)21-9-8-12(19)20/h4-7H,8-9H2,1-3H3,(H,19,20)/p-1. The number of aliphatic carboxylic acids is 1. The molecule has 21 heavy (non-hydrogen) atoms. The van der Waals surface area contributed by atoms with E-state index in [9.17, 15) is 9.90 Å². The van der Waals surface area contributed by atoms with Crippen molar-refractivity contribution in [3.05, 3.63) is 24.3 Å². The van der Waals surface area contributed by atoms with Gasteiger partial charge >= 0.3 is 0 Å². The lowest BCUT2D eigenvalue weighted by atomic mass is 10.2. The topological polar surface area (TPSA) is 74.1 Å². The first kappa shape index (κ1) is 15.4. The summed E-state index contributed by atoms with van der Waals surface area (Å²) in [6, 6.07) is 8.03. The Bertz CT molecular complexity index is 622. The predicted molar refractivity (Wildman–Crippen MR) is 81.1 cm³/mol. The second kappa shape index (κ2) is 6.62. The Labute approximate surface area is 127 Å². The van der Waals surface area contributed by atoms with Crippen LogP contribution in [0.5, 0.6) is 0 Å². The molecular formula is C14H17N4O2S-. The molecule has 0 aliphatic heterocycles. The first-order valence-corrected chi connectivity index (χ1v) is 7.47. The number of thioether (sulfide) groups is 1. The second-order valence-corrected chi connectivity index (χ2v) is 5.84. The molecular weight excluding hydrogens is 288 g/mol.